The maximum absolute atomic E-state index is 14.6. The Kier molecular flexibility index (Phi) is 9.26. The topological polar surface area (TPSA) is 104 Å². The number of aliphatic hydroxyl groups is 1. The summed E-state index contributed by atoms with van der Waals surface area (Å²) in [5.74, 6) is -0.151. The molecular formula is C36H45ClN6O4. The number of pyridine rings is 1. The van der Waals surface area contributed by atoms with Crippen molar-refractivity contribution < 1.29 is 19.4 Å². The van der Waals surface area contributed by atoms with Crippen LogP contribution in [0.5, 0.6) is 0 Å². The van der Waals surface area contributed by atoms with Gasteiger partial charge in [-0.15, -0.1) is 0 Å². The van der Waals surface area contributed by atoms with Crippen LogP contribution in [0, 0.1) is 6.92 Å². The molecule has 1 N–H and O–H groups in total. The van der Waals surface area contributed by atoms with Crippen molar-refractivity contribution in [2.45, 2.75) is 95.0 Å². The number of carbonyl (C=O) groups is 2. The van der Waals surface area contributed by atoms with Crippen LogP contribution in [0.15, 0.2) is 49.1 Å². The van der Waals surface area contributed by atoms with Gasteiger partial charge in [0, 0.05) is 43.6 Å². The molecule has 7 rings (SSSR count). The molecule has 11 heteroatoms. The zero-order chi connectivity index (χ0) is 32.5. The molecule has 2 amide bonds. The first-order chi connectivity index (χ1) is 22.8. The third-order valence-electron chi connectivity index (χ3n) is 10.5. The molecule has 1 aromatic carbocycles. The van der Waals surface area contributed by atoms with Crippen molar-refractivity contribution >= 4 is 23.6 Å². The lowest BCUT2D eigenvalue weighted by Crippen LogP contribution is -2.64. The zero-order valence-corrected chi connectivity index (χ0v) is 27.9. The van der Waals surface area contributed by atoms with Gasteiger partial charge in [-0.25, -0.2) is 9.78 Å². The van der Waals surface area contributed by atoms with Crippen LogP contribution in [0.25, 0.3) is 0 Å². The number of carbonyl (C=O) groups excluding carboxylic acids is 2. The smallest absolute Gasteiger partial charge is 0.410 e. The number of imidazole rings is 1. The number of aromatic nitrogens is 3. The van der Waals surface area contributed by atoms with Gasteiger partial charge in [0.05, 0.1) is 36.8 Å². The molecule has 3 atom stereocenters. The van der Waals surface area contributed by atoms with Crippen LogP contribution in [-0.2, 0) is 28.9 Å². The molecule has 0 radical (unpaired) electrons. The van der Waals surface area contributed by atoms with Crippen molar-refractivity contribution in [3.63, 3.8) is 0 Å². The molecule has 3 aromatic rings. The molecule has 2 aromatic heterocycles. The molecule has 0 unspecified atom stereocenters. The van der Waals surface area contributed by atoms with Crippen molar-refractivity contribution in [3.05, 3.63) is 82.2 Å². The van der Waals surface area contributed by atoms with E-state index in [-0.39, 0.29) is 24.6 Å². The number of piperazine rings is 1. The fourth-order valence-electron chi connectivity index (χ4n) is 8.15. The maximum Gasteiger partial charge on any atom is 0.410 e. The van der Waals surface area contributed by atoms with Crippen LogP contribution in [0.2, 0.25) is 5.02 Å². The van der Waals surface area contributed by atoms with Gasteiger partial charge in [0.2, 0.25) is 5.91 Å². The first kappa shape index (κ1) is 32.1. The van der Waals surface area contributed by atoms with Crippen molar-refractivity contribution in [3.8, 4) is 0 Å². The van der Waals surface area contributed by atoms with Gasteiger partial charge in [0.1, 0.15) is 17.7 Å². The number of likely N-dealkylation sites (tertiary alicyclic amines) is 1. The van der Waals surface area contributed by atoms with E-state index in [1.807, 2.05) is 42.1 Å². The lowest BCUT2D eigenvalue weighted by atomic mass is 9.91. The number of piperidine rings is 1. The highest BCUT2D eigenvalue weighted by Gasteiger charge is 2.45. The summed E-state index contributed by atoms with van der Waals surface area (Å²) in [5, 5.41) is 12.4. The second kappa shape index (κ2) is 13.6. The summed E-state index contributed by atoms with van der Waals surface area (Å²) in [6, 6.07) is 9.24. The Bertz CT molecular complexity index is 1610. The summed E-state index contributed by atoms with van der Waals surface area (Å²) in [7, 11) is 0. The van der Waals surface area contributed by atoms with E-state index in [0.717, 1.165) is 61.9 Å². The fraction of sp³-hybridized carbons (Fsp3) is 0.556. The zero-order valence-electron chi connectivity index (χ0n) is 27.2. The highest BCUT2D eigenvalue weighted by molar-refractivity contribution is 6.30. The number of fused-ring (bicyclic) bond motifs is 2. The van der Waals surface area contributed by atoms with Gasteiger partial charge in [-0.1, -0.05) is 30.2 Å². The van der Waals surface area contributed by atoms with Crippen molar-refractivity contribution in [1.82, 2.24) is 29.2 Å². The summed E-state index contributed by atoms with van der Waals surface area (Å²) in [5.41, 5.74) is 4.27. The number of benzene rings is 1. The van der Waals surface area contributed by atoms with Crippen molar-refractivity contribution in [2.24, 2.45) is 0 Å². The van der Waals surface area contributed by atoms with E-state index < -0.39 is 17.7 Å². The molecular weight excluding hydrogens is 616 g/mol. The number of ether oxygens (including phenoxy) is 1. The highest BCUT2D eigenvalue weighted by Crippen LogP contribution is 2.38. The molecule has 4 heterocycles. The van der Waals surface area contributed by atoms with Crippen LogP contribution in [0.1, 0.15) is 79.1 Å². The molecule has 4 aliphatic rings. The first-order valence-electron chi connectivity index (χ1n) is 17.2. The van der Waals surface area contributed by atoms with E-state index in [2.05, 4.69) is 22.0 Å². The molecule has 0 spiro atoms. The minimum Gasteiger partial charge on any atom is -0.446 e. The molecule has 1 saturated carbocycles. The second-order valence-corrected chi connectivity index (χ2v) is 14.4. The van der Waals surface area contributed by atoms with E-state index in [1.54, 1.807) is 16.1 Å². The Morgan fingerprint density at radius 1 is 1.04 bits per heavy atom. The lowest BCUT2D eigenvalue weighted by Gasteiger charge is -2.46. The highest BCUT2D eigenvalue weighted by atomic mass is 35.5. The largest absolute Gasteiger partial charge is 0.446 e. The third kappa shape index (κ3) is 6.91. The average molecular weight is 661 g/mol. The van der Waals surface area contributed by atoms with Gasteiger partial charge in [-0.3, -0.25) is 19.6 Å². The quantitative estimate of drug-likeness (QED) is 0.414. The molecule has 2 aliphatic heterocycles. The van der Waals surface area contributed by atoms with Crippen molar-refractivity contribution in [1.29, 1.82) is 0 Å². The van der Waals surface area contributed by atoms with E-state index >= 15 is 0 Å². The van der Waals surface area contributed by atoms with E-state index in [4.69, 9.17) is 21.3 Å². The maximum atomic E-state index is 14.6. The van der Waals surface area contributed by atoms with E-state index in [0.29, 0.717) is 50.6 Å². The van der Waals surface area contributed by atoms with Crippen LogP contribution in [0.3, 0.4) is 0 Å². The molecule has 0 bridgehead atoms. The number of halogens is 1. The lowest BCUT2D eigenvalue weighted by molar-refractivity contribution is -0.147. The SMILES string of the molecule is Cc1cn(C[C@]2(O)CCCN(C(=O)[C@H]3CN([C@H]4c5ccc(Cl)cc5CCc5cccnc54)CCN3C(=O)OC3CCCCC3)C2)cn1. The molecule has 2 aliphatic carbocycles. The number of nitrogens with zero attached hydrogens (tertiary/aromatic N) is 6. The minimum atomic E-state index is -1.09. The standard InChI is InChI=1S/C36H45ClN6O4/c1-25-20-40(24-39-25)22-36(46)14-6-16-42(23-36)34(44)31-21-41(17-18-43(31)35(45)47-29-8-3-2-4-9-29)33-30-13-12-28(37)19-27(30)11-10-26-7-5-15-38-32(26)33/h5,7,12-13,15,19-20,24,29,31,33,46H,2-4,6,8-11,14,16-18,21-23H2,1H3/t31-,33+,36-/m1/s1. The Balaban J connectivity index is 1.19. The predicted molar refractivity (Wildman–Crippen MR) is 178 cm³/mol. The number of rotatable bonds is 5. The Hall–Kier alpha value is -3.47. The fourth-order valence-corrected chi connectivity index (χ4v) is 8.35. The van der Waals surface area contributed by atoms with Crippen LogP contribution in [-0.4, -0.2) is 96.8 Å². The summed E-state index contributed by atoms with van der Waals surface area (Å²) in [6.45, 7) is 4.25. The van der Waals surface area contributed by atoms with Crippen LogP contribution in [0.4, 0.5) is 4.79 Å². The van der Waals surface area contributed by atoms with Gasteiger partial charge < -0.3 is 19.3 Å². The number of aryl methyl sites for hydroxylation is 3. The van der Waals surface area contributed by atoms with E-state index in [9.17, 15) is 14.7 Å². The number of hydrogen-bond acceptors (Lipinski definition) is 7. The van der Waals surface area contributed by atoms with Gasteiger partial charge in [-0.05, 0) is 93.2 Å². The average Bonchev–Trinajstić information content (AvgIpc) is 3.40. The summed E-state index contributed by atoms with van der Waals surface area (Å²) in [6.07, 6.45) is 12.9. The Morgan fingerprint density at radius 2 is 1.87 bits per heavy atom. The van der Waals surface area contributed by atoms with Gasteiger partial charge >= 0.3 is 6.09 Å². The third-order valence-corrected chi connectivity index (χ3v) is 10.7. The van der Waals surface area contributed by atoms with Gasteiger partial charge in [0.25, 0.3) is 0 Å². The Labute approximate surface area is 281 Å². The monoisotopic (exact) mass is 660 g/mol. The van der Waals surface area contributed by atoms with Crippen molar-refractivity contribution in [2.75, 3.05) is 32.7 Å². The van der Waals surface area contributed by atoms with Gasteiger partial charge in [-0.2, -0.15) is 0 Å². The number of amides is 2. The normalized spacial score (nSPS) is 25.5. The summed E-state index contributed by atoms with van der Waals surface area (Å²) < 4.78 is 7.95. The van der Waals surface area contributed by atoms with E-state index in [1.165, 1.54) is 11.1 Å². The van der Waals surface area contributed by atoms with Crippen LogP contribution >= 0.6 is 11.6 Å². The predicted octanol–water partition coefficient (Wildman–Crippen LogP) is 4.94. The van der Waals surface area contributed by atoms with Crippen LogP contribution < -0.4 is 0 Å². The first-order valence-corrected chi connectivity index (χ1v) is 17.6. The molecule has 10 nitrogen and oxygen atoms in total. The second-order valence-electron chi connectivity index (χ2n) is 13.9. The minimum absolute atomic E-state index is 0.113. The van der Waals surface area contributed by atoms with Gasteiger partial charge in [0.15, 0.2) is 0 Å². The molecule has 250 valence electrons. The summed E-state index contributed by atoms with van der Waals surface area (Å²) >= 11 is 6.47. The number of hydrogen-bond donors (Lipinski definition) is 1. The number of β-amino-alcohol motifs (C(OH)–C–C–N with tert-alkyl or cyclic N) is 1. The molecule has 3 fully saturated rings. The summed E-state index contributed by atoms with van der Waals surface area (Å²) in [4.78, 5) is 43.4. The molecule has 2 saturated heterocycles. The molecule has 47 heavy (non-hydrogen) atoms. The Morgan fingerprint density at radius 3 is 2.68 bits per heavy atom.